The van der Waals surface area contributed by atoms with Crippen LogP contribution in [-0.4, -0.2) is 5.78 Å². The number of hydrogen-bond acceptors (Lipinski definition) is 1. The molecule has 0 amide bonds. The molecule has 104 valence electrons. The lowest BCUT2D eigenvalue weighted by Crippen LogP contribution is -2.03. The van der Waals surface area contributed by atoms with Gasteiger partial charge in [0.1, 0.15) is 0 Å². The second kappa shape index (κ2) is 5.92. The van der Waals surface area contributed by atoms with Crippen LogP contribution < -0.4 is 0 Å². The lowest BCUT2D eigenvalue weighted by atomic mass is 9.96. The number of ketones is 1. The Morgan fingerprint density at radius 1 is 0.905 bits per heavy atom. The van der Waals surface area contributed by atoms with Crippen molar-refractivity contribution in [2.45, 2.75) is 19.8 Å². The normalized spacial score (nSPS) is 10.7. The van der Waals surface area contributed by atoms with E-state index < -0.39 is 0 Å². The Labute approximate surface area is 125 Å². The standard InChI is InChI=1S/C20H18O/c1-2-7-15-8-5-11-17(14-15)20(21)19-13-6-10-16-9-3-4-12-18(16)19/h3-6,8-14H,2,7H2,1H3. The van der Waals surface area contributed by atoms with E-state index in [0.29, 0.717) is 0 Å². The van der Waals surface area contributed by atoms with Gasteiger partial charge in [-0.2, -0.15) is 0 Å². The van der Waals surface area contributed by atoms with Crippen LogP contribution in [0.25, 0.3) is 10.8 Å². The number of carbonyl (C=O) groups excluding carboxylic acids is 1. The van der Waals surface area contributed by atoms with Crippen molar-refractivity contribution in [2.24, 2.45) is 0 Å². The van der Waals surface area contributed by atoms with E-state index in [1.54, 1.807) is 0 Å². The Bertz CT molecular complexity index is 781. The zero-order chi connectivity index (χ0) is 14.7. The van der Waals surface area contributed by atoms with E-state index in [2.05, 4.69) is 13.0 Å². The fourth-order valence-corrected chi connectivity index (χ4v) is 2.74. The number of carbonyl (C=O) groups is 1. The summed E-state index contributed by atoms with van der Waals surface area (Å²) in [5.74, 6) is 0.102. The molecule has 3 aromatic rings. The van der Waals surface area contributed by atoms with Crippen molar-refractivity contribution in [2.75, 3.05) is 0 Å². The Morgan fingerprint density at radius 2 is 1.67 bits per heavy atom. The summed E-state index contributed by atoms with van der Waals surface area (Å²) in [6.07, 6.45) is 2.10. The predicted molar refractivity (Wildman–Crippen MR) is 87.8 cm³/mol. The summed E-state index contributed by atoms with van der Waals surface area (Å²) in [5, 5.41) is 2.12. The largest absolute Gasteiger partial charge is 0.289 e. The molecule has 0 spiro atoms. The van der Waals surface area contributed by atoms with Crippen LogP contribution in [0.5, 0.6) is 0 Å². The van der Waals surface area contributed by atoms with Crippen molar-refractivity contribution in [3.05, 3.63) is 83.4 Å². The zero-order valence-corrected chi connectivity index (χ0v) is 12.2. The van der Waals surface area contributed by atoms with Gasteiger partial charge in [0.05, 0.1) is 0 Å². The average Bonchev–Trinajstić information content (AvgIpc) is 2.54. The minimum Gasteiger partial charge on any atom is -0.289 e. The molecule has 1 heteroatoms. The fraction of sp³-hybridized carbons (Fsp3) is 0.150. The predicted octanol–water partition coefficient (Wildman–Crippen LogP) is 5.02. The van der Waals surface area contributed by atoms with Gasteiger partial charge in [-0.25, -0.2) is 0 Å². The first-order valence-electron chi connectivity index (χ1n) is 7.41. The molecule has 0 saturated heterocycles. The van der Waals surface area contributed by atoms with Crippen LogP contribution in [0.3, 0.4) is 0 Å². The summed E-state index contributed by atoms with van der Waals surface area (Å²) >= 11 is 0. The number of benzene rings is 3. The molecule has 0 unspecified atom stereocenters. The van der Waals surface area contributed by atoms with E-state index in [9.17, 15) is 4.79 Å². The van der Waals surface area contributed by atoms with E-state index >= 15 is 0 Å². The van der Waals surface area contributed by atoms with Gasteiger partial charge in [-0.3, -0.25) is 4.79 Å². The average molecular weight is 274 g/mol. The van der Waals surface area contributed by atoms with Gasteiger partial charge >= 0.3 is 0 Å². The first-order chi connectivity index (χ1) is 10.3. The highest BCUT2D eigenvalue weighted by Gasteiger charge is 2.12. The molecule has 0 fully saturated rings. The molecule has 3 aromatic carbocycles. The summed E-state index contributed by atoms with van der Waals surface area (Å²) in [6, 6.07) is 21.9. The van der Waals surface area contributed by atoms with Crippen LogP contribution in [-0.2, 0) is 6.42 Å². The molecule has 0 aliphatic heterocycles. The number of aryl methyl sites for hydroxylation is 1. The van der Waals surface area contributed by atoms with Crippen LogP contribution in [0.1, 0.15) is 34.8 Å². The highest BCUT2D eigenvalue weighted by Crippen LogP contribution is 2.22. The summed E-state index contributed by atoms with van der Waals surface area (Å²) < 4.78 is 0. The number of fused-ring (bicyclic) bond motifs is 1. The van der Waals surface area contributed by atoms with Crippen molar-refractivity contribution in [1.29, 1.82) is 0 Å². The molecule has 0 bridgehead atoms. The second-order valence-corrected chi connectivity index (χ2v) is 5.31. The molecular weight excluding hydrogens is 256 g/mol. The van der Waals surface area contributed by atoms with E-state index in [1.807, 2.05) is 60.7 Å². The lowest BCUT2D eigenvalue weighted by molar-refractivity contribution is 0.104. The maximum Gasteiger partial charge on any atom is 0.193 e. The molecule has 0 aromatic heterocycles. The highest BCUT2D eigenvalue weighted by molar-refractivity contribution is 6.16. The van der Waals surface area contributed by atoms with Crippen LogP contribution in [0.4, 0.5) is 0 Å². The molecule has 1 nitrogen and oxygen atoms in total. The Morgan fingerprint density at radius 3 is 2.52 bits per heavy atom. The van der Waals surface area contributed by atoms with E-state index in [1.165, 1.54) is 5.56 Å². The first-order valence-corrected chi connectivity index (χ1v) is 7.41. The molecule has 0 radical (unpaired) electrons. The van der Waals surface area contributed by atoms with Gasteiger partial charge in [-0.05, 0) is 28.8 Å². The monoisotopic (exact) mass is 274 g/mol. The number of hydrogen-bond donors (Lipinski definition) is 0. The Kier molecular flexibility index (Phi) is 3.83. The molecule has 0 aliphatic carbocycles. The van der Waals surface area contributed by atoms with Crippen molar-refractivity contribution in [3.8, 4) is 0 Å². The maximum absolute atomic E-state index is 12.8. The summed E-state index contributed by atoms with van der Waals surface area (Å²) in [4.78, 5) is 12.8. The summed E-state index contributed by atoms with van der Waals surface area (Å²) in [6.45, 7) is 2.15. The minimum absolute atomic E-state index is 0.102. The summed E-state index contributed by atoms with van der Waals surface area (Å²) in [7, 11) is 0. The van der Waals surface area contributed by atoms with Gasteiger partial charge in [0, 0.05) is 11.1 Å². The lowest BCUT2D eigenvalue weighted by Gasteiger charge is -2.07. The highest BCUT2D eigenvalue weighted by atomic mass is 16.1. The second-order valence-electron chi connectivity index (χ2n) is 5.31. The third-order valence-corrected chi connectivity index (χ3v) is 3.76. The quantitative estimate of drug-likeness (QED) is 0.610. The van der Waals surface area contributed by atoms with Crippen molar-refractivity contribution < 1.29 is 4.79 Å². The number of rotatable bonds is 4. The molecule has 0 aliphatic rings. The topological polar surface area (TPSA) is 17.1 Å². The molecule has 0 saturated carbocycles. The molecule has 3 rings (SSSR count). The third kappa shape index (κ3) is 2.73. The van der Waals surface area contributed by atoms with Crippen molar-refractivity contribution >= 4 is 16.6 Å². The van der Waals surface area contributed by atoms with Crippen molar-refractivity contribution in [3.63, 3.8) is 0 Å². The smallest absolute Gasteiger partial charge is 0.193 e. The van der Waals surface area contributed by atoms with Crippen molar-refractivity contribution in [1.82, 2.24) is 0 Å². The van der Waals surface area contributed by atoms with Crippen LogP contribution >= 0.6 is 0 Å². The van der Waals surface area contributed by atoms with Crippen LogP contribution in [0, 0.1) is 0 Å². The summed E-state index contributed by atoms with van der Waals surface area (Å²) in [5.41, 5.74) is 2.78. The Balaban J connectivity index is 2.06. The van der Waals surface area contributed by atoms with Gasteiger partial charge in [-0.15, -0.1) is 0 Å². The van der Waals surface area contributed by atoms with E-state index in [4.69, 9.17) is 0 Å². The molecule has 21 heavy (non-hydrogen) atoms. The SMILES string of the molecule is CCCc1cccc(C(=O)c2cccc3ccccc23)c1. The molecular formula is C20H18O. The van der Waals surface area contributed by atoms with Crippen LogP contribution in [0.15, 0.2) is 66.7 Å². The van der Waals surface area contributed by atoms with Crippen LogP contribution in [0.2, 0.25) is 0 Å². The minimum atomic E-state index is 0.102. The van der Waals surface area contributed by atoms with Gasteiger partial charge in [0.15, 0.2) is 5.78 Å². The van der Waals surface area contributed by atoms with Gasteiger partial charge in [0.2, 0.25) is 0 Å². The van der Waals surface area contributed by atoms with Gasteiger partial charge in [-0.1, -0.05) is 74.0 Å². The third-order valence-electron chi connectivity index (χ3n) is 3.76. The first kappa shape index (κ1) is 13.6. The molecule has 0 atom stereocenters. The maximum atomic E-state index is 12.8. The van der Waals surface area contributed by atoms with E-state index in [-0.39, 0.29) is 5.78 Å². The molecule has 0 heterocycles. The Hall–Kier alpha value is -2.41. The van der Waals surface area contributed by atoms with Gasteiger partial charge < -0.3 is 0 Å². The molecule has 0 N–H and O–H groups in total. The van der Waals surface area contributed by atoms with Gasteiger partial charge in [0.25, 0.3) is 0 Å². The fourth-order valence-electron chi connectivity index (χ4n) is 2.74. The zero-order valence-electron chi connectivity index (χ0n) is 12.2. The van der Waals surface area contributed by atoms with E-state index in [0.717, 1.165) is 34.7 Å².